The first-order valence-electron chi connectivity index (χ1n) is 12.5. The predicted octanol–water partition coefficient (Wildman–Crippen LogP) is 5.82. The van der Waals surface area contributed by atoms with Crippen molar-refractivity contribution in [2.45, 2.75) is 19.6 Å². The quantitative estimate of drug-likeness (QED) is 0.349. The zero-order chi connectivity index (χ0) is 27.8. The molecule has 0 unspecified atom stereocenters. The predicted molar refractivity (Wildman–Crippen MR) is 141 cm³/mol. The van der Waals surface area contributed by atoms with Gasteiger partial charge in [0.15, 0.2) is 6.61 Å². The number of alkyl halides is 3. The second-order valence-corrected chi connectivity index (χ2v) is 9.20. The fourth-order valence-electron chi connectivity index (χ4n) is 4.31. The minimum Gasteiger partial charge on any atom is -0.489 e. The molecule has 1 aliphatic heterocycles. The number of carboxylic acids is 1. The van der Waals surface area contributed by atoms with Crippen LogP contribution in [0.2, 0.25) is 0 Å². The van der Waals surface area contributed by atoms with Crippen molar-refractivity contribution in [2.75, 3.05) is 39.5 Å². The summed E-state index contributed by atoms with van der Waals surface area (Å²) in [4.78, 5) is 13.1. The van der Waals surface area contributed by atoms with Crippen molar-refractivity contribution in [3.8, 4) is 11.5 Å². The number of carbonyl (C=O) groups is 1. The molecule has 0 saturated carbocycles. The normalized spacial score (nSPS) is 14.7. The van der Waals surface area contributed by atoms with Gasteiger partial charge in [-0.25, -0.2) is 4.79 Å². The number of ether oxygens (including phenoxy) is 3. The van der Waals surface area contributed by atoms with E-state index >= 15 is 0 Å². The number of hydrogen-bond donors (Lipinski definition) is 1. The van der Waals surface area contributed by atoms with Gasteiger partial charge < -0.3 is 19.3 Å². The molecule has 3 aromatic rings. The van der Waals surface area contributed by atoms with Crippen molar-refractivity contribution in [3.63, 3.8) is 0 Å². The summed E-state index contributed by atoms with van der Waals surface area (Å²) in [5.41, 5.74) is 2.92. The lowest BCUT2D eigenvalue weighted by atomic mass is 9.95. The third-order valence-corrected chi connectivity index (χ3v) is 6.31. The summed E-state index contributed by atoms with van der Waals surface area (Å²) in [7, 11) is 0. The Labute approximate surface area is 225 Å². The molecule has 1 saturated heterocycles. The number of aryl methyl sites for hydroxylation is 1. The first-order valence-corrected chi connectivity index (χ1v) is 12.5. The molecule has 206 valence electrons. The van der Waals surface area contributed by atoms with Gasteiger partial charge in [-0.1, -0.05) is 36.4 Å². The van der Waals surface area contributed by atoms with Crippen LogP contribution in [0.5, 0.6) is 11.5 Å². The summed E-state index contributed by atoms with van der Waals surface area (Å²) in [5, 5.41) is 8.80. The van der Waals surface area contributed by atoms with E-state index in [9.17, 15) is 18.0 Å². The second-order valence-electron chi connectivity index (χ2n) is 9.20. The maximum atomic E-state index is 13.5. The summed E-state index contributed by atoms with van der Waals surface area (Å²) >= 11 is 0. The number of hydrogen-bond acceptors (Lipinski definition) is 5. The molecule has 0 atom stereocenters. The van der Waals surface area contributed by atoms with Gasteiger partial charge in [0.25, 0.3) is 0 Å². The lowest BCUT2D eigenvalue weighted by Crippen LogP contribution is -2.35. The molecule has 0 aromatic heterocycles. The monoisotopic (exact) mass is 541 g/mol. The Bertz CT molecular complexity index is 1300. The number of aliphatic carboxylic acids is 1. The van der Waals surface area contributed by atoms with Crippen LogP contribution in [0.4, 0.5) is 13.2 Å². The molecule has 0 aliphatic carbocycles. The van der Waals surface area contributed by atoms with Crippen LogP contribution in [0.25, 0.3) is 5.57 Å². The van der Waals surface area contributed by atoms with E-state index in [0.717, 1.165) is 42.9 Å². The maximum absolute atomic E-state index is 13.5. The highest BCUT2D eigenvalue weighted by Crippen LogP contribution is 2.33. The summed E-state index contributed by atoms with van der Waals surface area (Å²) in [6.45, 7) is 5.34. The number of morpholine rings is 1. The molecule has 0 bridgehead atoms. The first kappa shape index (κ1) is 28.2. The summed E-state index contributed by atoms with van der Waals surface area (Å²) in [5.74, 6) is -0.117. The van der Waals surface area contributed by atoms with Crippen molar-refractivity contribution < 1.29 is 37.3 Å². The number of benzene rings is 3. The van der Waals surface area contributed by atoms with Gasteiger partial charge in [0.05, 0.1) is 18.8 Å². The van der Waals surface area contributed by atoms with Crippen LogP contribution in [0.15, 0.2) is 72.8 Å². The smallest absolute Gasteiger partial charge is 0.416 e. The minimum atomic E-state index is -4.46. The molecule has 1 heterocycles. The molecule has 1 N–H and O–H groups in total. The first-order chi connectivity index (χ1) is 18.7. The highest BCUT2D eigenvalue weighted by Gasteiger charge is 2.30. The second kappa shape index (κ2) is 12.8. The van der Waals surface area contributed by atoms with Crippen molar-refractivity contribution in [2.24, 2.45) is 0 Å². The zero-order valence-corrected chi connectivity index (χ0v) is 21.5. The van der Waals surface area contributed by atoms with E-state index in [1.54, 1.807) is 37.3 Å². The van der Waals surface area contributed by atoms with Crippen molar-refractivity contribution >= 4 is 11.5 Å². The van der Waals surface area contributed by atoms with Crippen LogP contribution < -0.4 is 9.47 Å². The third kappa shape index (κ3) is 8.08. The standard InChI is InChI=1S/C30H30F3NO5/c1-21-17-26(9-10-28(21)39-20-29(35)36)38-14-11-27(24-3-2-4-25(18-24)30(31,32)33)23-7-5-22(6-8-23)19-34-12-15-37-16-13-34/h2-11,17-18H,12-16,19-20H2,1H3,(H,35,36)/b27-11+. The molecule has 4 rings (SSSR count). The molecule has 0 spiro atoms. The number of halogens is 3. The number of rotatable bonds is 10. The number of nitrogens with zero attached hydrogens (tertiary/aromatic N) is 1. The Morgan fingerprint density at radius 3 is 2.41 bits per heavy atom. The van der Waals surface area contributed by atoms with Crippen molar-refractivity contribution in [1.82, 2.24) is 4.90 Å². The molecular weight excluding hydrogens is 511 g/mol. The van der Waals surface area contributed by atoms with Gasteiger partial charge in [0.2, 0.25) is 0 Å². The van der Waals surface area contributed by atoms with Gasteiger partial charge in [-0.2, -0.15) is 13.2 Å². The Balaban J connectivity index is 1.55. The lowest BCUT2D eigenvalue weighted by Gasteiger charge is -2.26. The van der Waals surface area contributed by atoms with Gasteiger partial charge in [-0.3, -0.25) is 4.90 Å². The zero-order valence-electron chi connectivity index (χ0n) is 21.5. The lowest BCUT2D eigenvalue weighted by molar-refractivity contribution is -0.139. The SMILES string of the molecule is Cc1cc(OC/C=C(\c2ccc(CN3CCOCC3)cc2)c2cccc(C(F)(F)F)c2)ccc1OCC(=O)O. The average Bonchev–Trinajstić information content (AvgIpc) is 2.91. The third-order valence-electron chi connectivity index (χ3n) is 6.31. The van der Waals surface area contributed by atoms with Crippen LogP contribution in [0.3, 0.4) is 0 Å². The Hall–Kier alpha value is -3.82. The topological polar surface area (TPSA) is 68.2 Å². The highest BCUT2D eigenvalue weighted by molar-refractivity contribution is 5.80. The largest absolute Gasteiger partial charge is 0.489 e. The van der Waals surface area contributed by atoms with Crippen LogP contribution in [0, 0.1) is 6.92 Å². The Morgan fingerprint density at radius 2 is 1.74 bits per heavy atom. The van der Waals surface area contributed by atoms with E-state index in [-0.39, 0.29) is 6.61 Å². The summed E-state index contributed by atoms with van der Waals surface area (Å²) < 4.78 is 56.9. The molecule has 3 aromatic carbocycles. The maximum Gasteiger partial charge on any atom is 0.416 e. The minimum absolute atomic E-state index is 0.107. The van der Waals surface area contributed by atoms with Crippen molar-refractivity contribution in [1.29, 1.82) is 0 Å². The van der Waals surface area contributed by atoms with Gasteiger partial charge >= 0.3 is 12.1 Å². The molecule has 1 fully saturated rings. The van der Waals surface area contributed by atoms with Crippen LogP contribution >= 0.6 is 0 Å². The van der Waals surface area contributed by atoms with Crippen LogP contribution in [0.1, 0.15) is 27.8 Å². The molecular formula is C30H30F3NO5. The molecule has 39 heavy (non-hydrogen) atoms. The molecule has 0 amide bonds. The number of carboxylic acid groups (broad SMARTS) is 1. The fourth-order valence-corrected chi connectivity index (χ4v) is 4.31. The van der Waals surface area contributed by atoms with E-state index in [1.165, 1.54) is 6.07 Å². The van der Waals surface area contributed by atoms with Gasteiger partial charge in [-0.15, -0.1) is 0 Å². The van der Waals surface area contributed by atoms with Crippen LogP contribution in [-0.2, 0) is 22.3 Å². The average molecular weight is 542 g/mol. The fraction of sp³-hybridized carbons (Fsp3) is 0.300. The molecule has 1 aliphatic rings. The van der Waals surface area contributed by atoms with Crippen LogP contribution in [-0.4, -0.2) is 55.5 Å². The molecule has 6 nitrogen and oxygen atoms in total. The molecule has 0 radical (unpaired) electrons. The van der Waals surface area contributed by atoms with Gasteiger partial charge in [0.1, 0.15) is 18.1 Å². The van der Waals surface area contributed by atoms with E-state index < -0.39 is 24.3 Å². The van der Waals surface area contributed by atoms with E-state index in [0.29, 0.717) is 41.4 Å². The van der Waals surface area contributed by atoms with Gasteiger partial charge in [-0.05, 0) is 71.2 Å². The van der Waals surface area contributed by atoms with Gasteiger partial charge in [0, 0.05) is 19.6 Å². The highest BCUT2D eigenvalue weighted by atomic mass is 19.4. The Morgan fingerprint density at radius 1 is 1.00 bits per heavy atom. The van der Waals surface area contributed by atoms with E-state index in [1.807, 2.05) is 24.3 Å². The Kier molecular flexibility index (Phi) is 9.27. The summed E-state index contributed by atoms with van der Waals surface area (Å²) in [6.07, 6.45) is -2.70. The molecule has 9 heteroatoms. The van der Waals surface area contributed by atoms with E-state index in [4.69, 9.17) is 19.3 Å². The summed E-state index contributed by atoms with van der Waals surface area (Å²) in [6, 6.07) is 18.1. The van der Waals surface area contributed by atoms with E-state index in [2.05, 4.69) is 4.90 Å². The van der Waals surface area contributed by atoms with Crippen molar-refractivity contribution in [3.05, 3.63) is 101 Å².